The Morgan fingerprint density at radius 1 is 1.25 bits per heavy atom. The number of carbonyl (C=O) groups is 1. The first-order chi connectivity index (χ1) is 13.4. The fraction of sp³-hybridized carbons (Fsp3) is 0.667. The molecule has 28 heavy (non-hydrogen) atoms. The number of aromatic nitrogens is 2. The molecule has 1 aliphatic carbocycles. The van der Waals surface area contributed by atoms with Crippen molar-refractivity contribution in [1.29, 1.82) is 0 Å². The Morgan fingerprint density at radius 3 is 2.64 bits per heavy atom. The summed E-state index contributed by atoms with van der Waals surface area (Å²) in [5, 5.41) is 0.722. The van der Waals surface area contributed by atoms with Gasteiger partial charge in [-0.2, -0.15) is 0 Å². The SMILES string of the molecule is CCN(CC)Cc1nc2sc3c(c2c(=O)n1CC(=O)OCC(C)C)CCCC3. The van der Waals surface area contributed by atoms with Gasteiger partial charge in [-0.3, -0.25) is 19.1 Å². The zero-order chi connectivity index (χ0) is 20.3. The molecule has 0 saturated carbocycles. The topological polar surface area (TPSA) is 64.4 Å². The molecule has 0 N–H and O–H groups in total. The van der Waals surface area contributed by atoms with Crippen LogP contribution in [0.4, 0.5) is 0 Å². The van der Waals surface area contributed by atoms with Crippen molar-refractivity contribution in [2.24, 2.45) is 5.92 Å². The molecule has 0 atom stereocenters. The van der Waals surface area contributed by atoms with Gasteiger partial charge in [-0.1, -0.05) is 27.7 Å². The molecule has 0 radical (unpaired) electrons. The lowest BCUT2D eigenvalue weighted by Crippen LogP contribution is -2.33. The maximum Gasteiger partial charge on any atom is 0.326 e. The molecule has 1 aliphatic rings. The molecule has 0 amide bonds. The molecule has 0 saturated heterocycles. The average molecular weight is 406 g/mol. The summed E-state index contributed by atoms with van der Waals surface area (Å²) in [6, 6.07) is 0. The zero-order valence-electron chi connectivity index (χ0n) is 17.4. The molecule has 0 aromatic carbocycles. The summed E-state index contributed by atoms with van der Waals surface area (Å²) in [5.74, 6) is 0.545. The predicted octanol–water partition coefficient (Wildman–Crippen LogP) is 3.38. The minimum atomic E-state index is -0.373. The Bertz CT molecular complexity index is 896. The number of carbonyl (C=O) groups excluding carboxylic acids is 1. The van der Waals surface area contributed by atoms with Crippen LogP contribution < -0.4 is 5.56 Å². The van der Waals surface area contributed by atoms with E-state index in [1.165, 1.54) is 11.3 Å². The van der Waals surface area contributed by atoms with E-state index in [0.29, 0.717) is 19.0 Å². The van der Waals surface area contributed by atoms with Crippen molar-refractivity contribution < 1.29 is 9.53 Å². The number of hydrogen-bond acceptors (Lipinski definition) is 6. The van der Waals surface area contributed by atoms with E-state index >= 15 is 0 Å². The van der Waals surface area contributed by atoms with Gasteiger partial charge in [0.1, 0.15) is 17.2 Å². The molecule has 0 aliphatic heterocycles. The molecule has 0 unspecified atom stereocenters. The second kappa shape index (κ2) is 9.18. The van der Waals surface area contributed by atoms with E-state index in [1.807, 2.05) is 13.8 Å². The smallest absolute Gasteiger partial charge is 0.326 e. The van der Waals surface area contributed by atoms with Gasteiger partial charge in [0, 0.05) is 4.88 Å². The summed E-state index contributed by atoms with van der Waals surface area (Å²) in [6.07, 6.45) is 4.23. The highest BCUT2D eigenvalue weighted by atomic mass is 32.1. The van der Waals surface area contributed by atoms with Crippen LogP contribution in [0.3, 0.4) is 0 Å². The van der Waals surface area contributed by atoms with E-state index in [9.17, 15) is 9.59 Å². The number of nitrogens with zero attached hydrogens (tertiary/aromatic N) is 3. The van der Waals surface area contributed by atoms with Crippen molar-refractivity contribution in [2.75, 3.05) is 19.7 Å². The molecule has 2 aromatic rings. The third-order valence-electron chi connectivity index (χ3n) is 5.28. The van der Waals surface area contributed by atoms with E-state index in [1.54, 1.807) is 15.9 Å². The number of hydrogen-bond donors (Lipinski definition) is 0. The van der Waals surface area contributed by atoms with Crippen LogP contribution in [0.1, 0.15) is 56.8 Å². The lowest BCUT2D eigenvalue weighted by molar-refractivity contribution is -0.145. The molecule has 154 valence electrons. The quantitative estimate of drug-likeness (QED) is 0.630. The van der Waals surface area contributed by atoms with Crippen LogP contribution in [0.5, 0.6) is 0 Å². The summed E-state index contributed by atoms with van der Waals surface area (Å²) in [7, 11) is 0. The highest BCUT2D eigenvalue weighted by Crippen LogP contribution is 2.33. The van der Waals surface area contributed by atoms with E-state index in [2.05, 4.69) is 18.7 Å². The minimum Gasteiger partial charge on any atom is -0.464 e. The van der Waals surface area contributed by atoms with Crippen molar-refractivity contribution in [3.63, 3.8) is 0 Å². The second-order valence-electron chi connectivity index (χ2n) is 7.85. The fourth-order valence-corrected chi connectivity index (χ4v) is 4.92. The first kappa shape index (κ1) is 21.0. The van der Waals surface area contributed by atoms with Gasteiger partial charge in [0.2, 0.25) is 0 Å². The van der Waals surface area contributed by atoms with Crippen LogP contribution in [0.2, 0.25) is 0 Å². The molecule has 0 fully saturated rings. The van der Waals surface area contributed by atoms with Crippen LogP contribution in [0.15, 0.2) is 4.79 Å². The number of esters is 1. The number of thiophene rings is 1. The molecular weight excluding hydrogens is 374 g/mol. The number of aryl methyl sites for hydroxylation is 2. The molecule has 3 rings (SSSR count). The minimum absolute atomic E-state index is 0.0737. The van der Waals surface area contributed by atoms with E-state index in [-0.39, 0.29) is 24.0 Å². The van der Waals surface area contributed by atoms with Crippen LogP contribution in [-0.2, 0) is 35.5 Å². The number of rotatable bonds is 8. The summed E-state index contributed by atoms with van der Waals surface area (Å²) < 4.78 is 6.89. The molecule has 0 spiro atoms. The fourth-order valence-electron chi connectivity index (χ4n) is 3.65. The van der Waals surface area contributed by atoms with Gasteiger partial charge in [-0.25, -0.2) is 4.98 Å². The molecule has 2 heterocycles. The van der Waals surface area contributed by atoms with E-state index in [0.717, 1.165) is 48.1 Å². The van der Waals surface area contributed by atoms with Crippen LogP contribution in [0, 0.1) is 5.92 Å². The Morgan fingerprint density at radius 2 is 1.96 bits per heavy atom. The van der Waals surface area contributed by atoms with Gasteiger partial charge >= 0.3 is 5.97 Å². The normalized spacial score (nSPS) is 14.1. The molecule has 6 nitrogen and oxygen atoms in total. The Kier molecular flexibility index (Phi) is 6.88. The lowest BCUT2D eigenvalue weighted by Gasteiger charge is -2.20. The first-order valence-corrected chi connectivity index (χ1v) is 11.2. The molecule has 2 aromatic heterocycles. The summed E-state index contributed by atoms with van der Waals surface area (Å²) in [6.45, 7) is 10.7. The number of ether oxygens (including phenoxy) is 1. The maximum atomic E-state index is 13.4. The van der Waals surface area contributed by atoms with Crippen molar-refractivity contribution >= 4 is 27.5 Å². The van der Waals surface area contributed by atoms with Gasteiger partial charge < -0.3 is 4.74 Å². The van der Waals surface area contributed by atoms with Crippen LogP contribution in [0.25, 0.3) is 10.2 Å². The van der Waals surface area contributed by atoms with Crippen LogP contribution >= 0.6 is 11.3 Å². The second-order valence-corrected chi connectivity index (χ2v) is 8.93. The monoisotopic (exact) mass is 405 g/mol. The lowest BCUT2D eigenvalue weighted by atomic mass is 9.97. The van der Waals surface area contributed by atoms with Gasteiger partial charge in [-0.15, -0.1) is 11.3 Å². The van der Waals surface area contributed by atoms with Gasteiger partial charge in [0.25, 0.3) is 5.56 Å². The number of fused-ring (bicyclic) bond motifs is 3. The van der Waals surface area contributed by atoms with Crippen molar-refractivity contribution in [2.45, 2.75) is 66.5 Å². The largest absolute Gasteiger partial charge is 0.464 e. The molecule has 7 heteroatoms. The van der Waals surface area contributed by atoms with Crippen molar-refractivity contribution in [3.05, 3.63) is 26.6 Å². The van der Waals surface area contributed by atoms with Gasteiger partial charge in [0.05, 0.1) is 18.5 Å². The standard InChI is InChI=1S/C21H31N3O3S/c1-5-23(6-2)11-17-22-20-19(15-9-7-8-10-16(15)28-20)21(26)24(17)12-18(25)27-13-14(3)4/h14H,5-13H2,1-4H3. The predicted molar refractivity (Wildman–Crippen MR) is 113 cm³/mol. The zero-order valence-corrected chi connectivity index (χ0v) is 18.2. The summed E-state index contributed by atoms with van der Waals surface area (Å²) >= 11 is 1.65. The van der Waals surface area contributed by atoms with Crippen molar-refractivity contribution in [3.8, 4) is 0 Å². The first-order valence-electron chi connectivity index (χ1n) is 10.4. The van der Waals surface area contributed by atoms with E-state index in [4.69, 9.17) is 9.72 Å². The van der Waals surface area contributed by atoms with Gasteiger partial charge in [-0.05, 0) is 50.3 Å². The third kappa shape index (κ3) is 4.46. The maximum absolute atomic E-state index is 13.4. The van der Waals surface area contributed by atoms with Crippen LogP contribution in [-0.4, -0.2) is 40.1 Å². The summed E-state index contributed by atoms with van der Waals surface area (Å²) in [5.41, 5.74) is 1.07. The Balaban J connectivity index is 2.04. The summed E-state index contributed by atoms with van der Waals surface area (Å²) in [4.78, 5) is 35.0. The van der Waals surface area contributed by atoms with Gasteiger partial charge in [0.15, 0.2) is 0 Å². The average Bonchev–Trinajstić information content (AvgIpc) is 3.05. The van der Waals surface area contributed by atoms with Crippen molar-refractivity contribution in [1.82, 2.24) is 14.5 Å². The highest BCUT2D eigenvalue weighted by molar-refractivity contribution is 7.18. The Labute approximate surface area is 170 Å². The third-order valence-corrected chi connectivity index (χ3v) is 6.46. The molecular formula is C21H31N3O3S. The Hall–Kier alpha value is -1.73. The van der Waals surface area contributed by atoms with E-state index < -0.39 is 0 Å². The molecule has 0 bridgehead atoms. The highest BCUT2D eigenvalue weighted by Gasteiger charge is 2.23.